The Balaban J connectivity index is 1.44. The highest BCUT2D eigenvalue weighted by molar-refractivity contribution is 5.92. The summed E-state index contributed by atoms with van der Waals surface area (Å²) in [5.41, 5.74) is 2.70. The van der Waals surface area contributed by atoms with Crippen LogP contribution in [0.15, 0.2) is 65.4 Å². The molecule has 0 fully saturated rings. The molecule has 2 heterocycles. The molecule has 152 valence electrons. The van der Waals surface area contributed by atoms with Gasteiger partial charge in [0.15, 0.2) is 12.2 Å². The summed E-state index contributed by atoms with van der Waals surface area (Å²) in [5, 5.41) is 7.18. The molecule has 7 nitrogen and oxygen atoms in total. The maximum absolute atomic E-state index is 12.3. The van der Waals surface area contributed by atoms with Crippen LogP contribution in [0.25, 0.3) is 10.9 Å². The van der Waals surface area contributed by atoms with Gasteiger partial charge in [-0.2, -0.15) is 0 Å². The fourth-order valence-electron chi connectivity index (χ4n) is 3.24. The van der Waals surface area contributed by atoms with E-state index in [1.54, 1.807) is 6.92 Å². The lowest BCUT2D eigenvalue weighted by Crippen LogP contribution is -2.24. The van der Waals surface area contributed by atoms with Crippen molar-refractivity contribution in [2.24, 2.45) is 0 Å². The zero-order valence-electron chi connectivity index (χ0n) is 16.8. The van der Waals surface area contributed by atoms with Crippen molar-refractivity contribution in [3.63, 3.8) is 0 Å². The molecule has 2 aromatic heterocycles. The van der Waals surface area contributed by atoms with E-state index in [1.807, 2.05) is 30.3 Å². The quantitative estimate of drug-likeness (QED) is 0.435. The summed E-state index contributed by atoms with van der Waals surface area (Å²) >= 11 is 0. The summed E-state index contributed by atoms with van der Waals surface area (Å²) in [6, 6.07) is 18.3. The van der Waals surface area contributed by atoms with E-state index in [0.29, 0.717) is 11.5 Å². The minimum Gasteiger partial charge on any atom is -0.438 e. The lowest BCUT2D eigenvalue weighted by molar-refractivity contribution is 0.0921. The molecule has 7 heteroatoms. The maximum Gasteiger partial charge on any atom is 0.289 e. The number of anilines is 1. The van der Waals surface area contributed by atoms with E-state index in [-0.39, 0.29) is 18.2 Å². The number of fused-ring (bicyclic) bond motifs is 1. The van der Waals surface area contributed by atoms with Crippen LogP contribution in [-0.4, -0.2) is 27.4 Å². The SMILES string of the molecule is Cc1ncoc1C(=O)NCc1nc(NCCCc2ccccc2)c2ccccc2n1. The summed E-state index contributed by atoms with van der Waals surface area (Å²) in [5.74, 6) is 1.17. The fraction of sp³-hybridized carbons (Fsp3) is 0.217. The molecule has 2 N–H and O–H groups in total. The van der Waals surface area contributed by atoms with Gasteiger partial charge in [-0.25, -0.2) is 15.0 Å². The number of oxazole rings is 1. The molecule has 0 unspecified atom stereocenters. The first-order valence-corrected chi connectivity index (χ1v) is 9.92. The van der Waals surface area contributed by atoms with Crippen LogP contribution < -0.4 is 10.6 Å². The molecule has 0 saturated heterocycles. The van der Waals surface area contributed by atoms with Crippen molar-refractivity contribution in [1.82, 2.24) is 20.3 Å². The Morgan fingerprint density at radius 1 is 1.03 bits per heavy atom. The van der Waals surface area contributed by atoms with Crippen LogP contribution in [-0.2, 0) is 13.0 Å². The summed E-state index contributed by atoms with van der Waals surface area (Å²) in [6.45, 7) is 2.71. The van der Waals surface area contributed by atoms with E-state index in [4.69, 9.17) is 4.42 Å². The van der Waals surface area contributed by atoms with E-state index < -0.39 is 0 Å². The van der Waals surface area contributed by atoms with Crippen LogP contribution in [0.5, 0.6) is 0 Å². The van der Waals surface area contributed by atoms with Crippen molar-refractivity contribution in [2.45, 2.75) is 26.3 Å². The number of rotatable bonds is 8. The van der Waals surface area contributed by atoms with Crippen LogP contribution in [0, 0.1) is 6.92 Å². The molecule has 0 saturated carbocycles. The molecular weight excluding hydrogens is 378 g/mol. The van der Waals surface area contributed by atoms with Crippen molar-refractivity contribution in [1.29, 1.82) is 0 Å². The van der Waals surface area contributed by atoms with Gasteiger partial charge in [-0.3, -0.25) is 4.79 Å². The van der Waals surface area contributed by atoms with Crippen LogP contribution in [0.4, 0.5) is 5.82 Å². The number of benzene rings is 2. The average molecular weight is 401 g/mol. The van der Waals surface area contributed by atoms with Gasteiger partial charge >= 0.3 is 0 Å². The monoisotopic (exact) mass is 401 g/mol. The Morgan fingerprint density at radius 2 is 1.83 bits per heavy atom. The first-order valence-electron chi connectivity index (χ1n) is 9.92. The third kappa shape index (κ3) is 4.63. The number of para-hydroxylation sites is 1. The van der Waals surface area contributed by atoms with Gasteiger partial charge in [-0.1, -0.05) is 42.5 Å². The summed E-state index contributed by atoms with van der Waals surface area (Å²) in [7, 11) is 0. The van der Waals surface area contributed by atoms with Crippen molar-refractivity contribution < 1.29 is 9.21 Å². The highest BCUT2D eigenvalue weighted by Gasteiger charge is 2.15. The predicted octanol–water partition coefficient (Wildman–Crippen LogP) is 3.90. The molecule has 0 bridgehead atoms. The maximum atomic E-state index is 12.3. The zero-order chi connectivity index (χ0) is 20.8. The minimum atomic E-state index is -0.334. The van der Waals surface area contributed by atoms with Crippen LogP contribution >= 0.6 is 0 Å². The second-order valence-corrected chi connectivity index (χ2v) is 6.97. The van der Waals surface area contributed by atoms with Gasteiger partial charge in [-0.15, -0.1) is 0 Å². The molecule has 0 spiro atoms. The van der Waals surface area contributed by atoms with Crippen molar-refractivity contribution in [3.05, 3.63) is 83.8 Å². The van der Waals surface area contributed by atoms with Crippen molar-refractivity contribution in [3.8, 4) is 0 Å². The predicted molar refractivity (Wildman–Crippen MR) is 115 cm³/mol. The number of aryl methyl sites for hydroxylation is 2. The number of amides is 1. The largest absolute Gasteiger partial charge is 0.438 e. The van der Waals surface area contributed by atoms with Crippen LogP contribution in [0.2, 0.25) is 0 Å². The average Bonchev–Trinajstić information content (AvgIpc) is 3.21. The number of nitrogens with one attached hydrogen (secondary N) is 2. The van der Waals surface area contributed by atoms with E-state index >= 15 is 0 Å². The van der Waals surface area contributed by atoms with Gasteiger partial charge in [0.05, 0.1) is 17.8 Å². The second kappa shape index (κ2) is 9.17. The molecule has 1 amide bonds. The molecular formula is C23H23N5O2. The molecule has 4 rings (SSSR count). The molecule has 30 heavy (non-hydrogen) atoms. The van der Waals surface area contributed by atoms with Gasteiger partial charge in [0, 0.05) is 11.9 Å². The fourth-order valence-corrected chi connectivity index (χ4v) is 3.24. The Kier molecular flexibility index (Phi) is 5.98. The third-order valence-electron chi connectivity index (χ3n) is 4.79. The molecule has 4 aromatic rings. The van der Waals surface area contributed by atoms with Crippen molar-refractivity contribution >= 4 is 22.6 Å². The zero-order valence-corrected chi connectivity index (χ0v) is 16.8. The normalized spacial score (nSPS) is 10.8. The molecule has 0 aliphatic heterocycles. The van der Waals surface area contributed by atoms with Crippen molar-refractivity contribution in [2.75, 3.05) is 11.9 Å². The summed E-state index contributed by atoms with van der Waals surface area (Å²) in [6.07, 6.45) is 3.24. The van der Waals surface area contributed by atoms with E-state index in [2.05, 4.69) is 49.9 Å². The number of carbonyl (C=O) groups is 1. The lowest BCUT2D eigenvalue weighted by Gasteiger charge is -2.11. The van der Waals surface area contributed by atoms with E-state index in [9.17, 15) is 4.79 Å². The van der Waals surface area contributed by atoms with E-state index in [1.165, 1.54) is 12.0 Å². The smallest absolute Gasteiger partial charge is 0.289 e. The highest BCUT2D eigenvalue weighted by atomic mass is 16.3. The highest BCUT2D eigenvalue weighted by Crippen LogP contribution is 2.20. The Labute approximate surface area is 174 Å². The number of aromatic nitrogens is 3. The topological polar surface area (TPSA) is 92.9 Å². The first-order chi connectivity index (χ1) is 14.7. The standard InChI is InChI=1S/C23H23N5O2/c1-16-21(30-15-26-16)23(29)25-14-20-27-19-12-6-5-11-18(19)22(28-20)24-13-7-10-17-8-3-2-4-9-17/h2-6,8-9,11-12,15H,7,10,13-14H2,1H3,(H,25,29)(H,24,27,28). The number of carbonyl (C=O) groups excluding carboxylic acids is 1. The van der Waals surface area contributed by atoms with Crippen LogP contribution in [0.1, 0.15) is 34.1 Å². The Hall–Kier alpha value is -3.74. The molecule has 0 aliphatic rings. The Morgan fingerprint density at radius 3 is 2.63 bits per heavy atom. The number of hydrogen-bond donors (Lipinski definition) is 2. The molecule has 0 aliphatic carbocycles. The third-order valence-corrected chi connectivity index (χ3v) is 4.79. The molecule has 2 aromatic carbocycles. The lowest BCUT2D eigenvalue weighted by atomic mass is 10.1. The second-order valence-electron chi connectivity index (χ2n) is 6.97. The first kappa shape index (κ1) is 19.6. The van der Waals surface area contributed by atoms with Gasteiger partial charge in [0.2, 0.25) is 5.76 Å². The van der Waals surface area contributed by atoms with Gasteiger partial charge in [-0.05, 0) is 37.5 Å². The number of hydrogen-bond acceptors (Lipinski definition) is 6. The Bertz CT molecular complexity index is 1140. The number of nitrogens with zero attached hydrogens (tertiary/aromatic N) is 3. The molecule has 0 atom stereocenters. The minimum absolute atomic E-state index is 0.197. The van der Waals surface area contributed by atoms with E-state index in [0.717, 1.165) is 36.1 Å². The van der Waals surface area contributed by atoms with Gasteiger partial charge < -0.3 is 15.1 Å². The van der Waals surface area contributed by atoms with Gasteiger partial charge in [0.25, 0.3) is 5.91 Å². The van der Waals surface area contributed by atoms with Crippen LogP contribution in [0.3, 0.4) is 0 Å². The summed E-state index contributed by atoms with van der Waals surface area (Å²) < 4.78 is 5.13. The molecule has 0 radical (unpaired) electrons. The van der Waals surface area contributed by atoms with Gasteiger partial charge in [0.1, 0.15) is 5.82 Å². The summed E-state index contributed by atoms with van der Waals surface area (Å²) in [4.78, 5) is 25.4.